The summed E-state index contributed by atoms with van der Waals surface area (Å²) in [5, 5.41) is 10.5. The fourth-order valence-electron chi connectivity index (χ4n) is 5.68. The number of aliphatic hydroxyl groups excluding tert-OH is 1. The highest BCUT2D eigenvalue weighted by Crippen LogP contribution is 2.63. The van der Waals surface area contributed by atoms with E-state index in [1.807, 2.05) is 13.0 Å². The maximum absolute atomic E-state index is 12.7. The Morgan fingerprint density at radius 1 is 1.27 bits per heavy atom. The van der Waals surface area contributed by atoms with Crippen LogP contribution < -0.4 is 0 Å². The molecule has 2 nitrogen and oxygen atoms in total. The summed E-state index contributed by atoms with van der Waals surface area (Å²) in [5.41, 5.74) is 1.08. The Labute approximate surface area is 134 Å². The van der Waals surface area contributed by atoms with E-state index in [0.29, 0.717) is 24.0 Å². The van der Waals surface area contributed by atoms with Crippen LogP contribution in [0.25, 0.3) is 0 Å². The molecule has 0 aromatic heterocycles. The second-order valence-corrected chi connectivity index (χ2v) is 8.86. The van der Waals surface area contributed by atoms with Crippen LogP contribution in [-0.4, -0.2) is 17.0 Å². The van der Waals surface area contributed by atoms with Crippen LogP contribution in [0.2, 0.25) is 0 Å². The van der Waals surface area contributed by atoms with Gasteiger partial charge < -0.3 is 5.11 Å². The van der Waals surface area contributed by atoms with Gasteiger partial charge >= 0.3 is 0 Å². The van der Waals surface area contributed by atoms with Crippen LogP contribution in [0.3, 0.4) is 0 Å². The number of hydrogen-bond acceptors (Lipinski definition) is 2. The fourth-order valence-corrected chi connectivity index (χ4v) is 5.68. The molecule has 2 saturated carbocycles. The van der Waals surface area contributed by atoms with Crippen molar-refractivity contribution in [1.82, 2.24) is 0 Å². The van der Waals surface area contributed by atoms with Crippen molar-refractivity contribution < 1.29 is 9.90 Å². The molecule has 0 spiro atoms. The smallest absolute Gasteiger partial charge is 0.146 e. The lowest BCUT2D eigenvalue weighted by Gasteiger charge is -2.60. The van der Waals surface area contributed by atoms with E-state index < -0.39 is 5.41 Å². The molecule has 0 radical (unpaired) electrons. The van der Waals surface area contributed by atoms with Gasteiger partial charge in [-0.2, -0.15) is 0 Å². The lowest BCUT2D eigenvalue weighted by Crippen LogP contribution is -2.56. The van der Waals surface area contributed by atoms with E-state index in [1.54, 1.807) is 0 Å². The number of fused-ring (bicyclic) bond motifs is 3. The summed E-state index contributed by atoms with van der Waals surface area (Å²) < 4.78 is 0. The maximum Gasteiger partial charge on any atom is 0.146 e. The summed E-state index contributed by atoms with van der Waals surface area (Å²) in [7, 11) is 0. The van der Waals surface area contributed by atoms with Gasteiger partial charge in [0.1, 0.15) is 5.78 Å². The van der Waals surface area contributed by atoms with Gasteiger partial charge in [0.25, 0.3) is 0 Å². The Bertz CT molecular complexity index is 544. The van der Waals surface area contributed by atoms with Crippen molar-refractivity contribution in [2.45, 2.75) is 65.9 Å². The molecule has 1 N–H and O–H groups in total. The molecule has 0 aromatic rings. The topological polar surface area (TPSA) is 37.3 Å². The van der Waals surface area contributed by atoms with E-state index in [9.17, 15) is 9.90 Å². The zero-order valence-corrected chi connectivity index (χ0v) is 14.5. The third kappa shape index (κ3) is 1.99. The zero-order valence-electron chi connectivity index (χ0n) is 14.5. The third-order valence-electron chi connectivity index (χ3n) is 7.37. The van der Waals surface area contributed by atoms with Crippen LogP contribution in [0, 0.1) is 28.1 Å². The van der Waals surface area contributed by atoms with Crippen LogP contribution in [0.15, 0.2) is 24.3 Å². The Kier molecular flexibility index (Phi) is 3.49. The van der Waals surface area contributed by atoms with Crippen molar-refractivity contribution in [1.29, 1.82) is 0 Å². The summed E-state index contributed by atoms with van der Waals surface area (Å²) in [4.78, 5) is 12.7. The minimum absolute atomic E-state index is 0.0548. The van der Waals surface area contributed by atoms with Gasteiger partial charge in [-0.05, 0) is 55.3 Å². The molecule has 3 rings (SSSR count). The van der Waals surface area contributed by atoms with E-state index in [-0.39, 0.29) is 16.9 Å². The first-order valence-electron chi connectivity index (χ1n) is 8.72. The molecule has 0 amide bonds. The molecular formula is C20H30O2. The van der Waals surface area contributed by atoms with Gasteiger partial charge in [-0.3, -0.25) is 4.79 Å². The Morgan fingerprint density at radius 2 is 1.95 bits per heavy atom. The summed E-state index contributed by atoms with van der Waals surface area (Å²) in [6, 6.07) is 0. The molecule has 122 valence electrons. The Hall–Kier alpha value is -0.890. The van der Waals surface area contributed by atoms with Crippen molar-refractivity contribution in [2.24, 2.45) is 28.1 Å². The van der Waals surface area contributed by atoms with Gasteiger partial charge in [-0.15, -0.1) is 6.58 Å². The molecule has 0 aromatic carbocycles. The van der Waals surface area contributed by atoms with Gasteiger partial charge in [-0.1, -0.05) is 38.5 Å². The van der Waals surface area contributed by atoms with Crippen molar-refractivity contribution in [3.05, 3.63) is 24.3 Å². The predicted molar refractivity (Wildman–Crippen MR) is 89.4 cm³/mol. The molecule has 0 aliphatic heterocycles. The second kappa shape index (κ2) is 4.80. The summed E-state index contributed by atoms with van der Waals surface area (Å²) in [6.45, 7) is 12.7. The van der Waals surface area contributed by atoms with Crippen molar-refractivity contribution in [3.8, 4) is 0 Å². The number of ketones is 1. The Morgan fingerprint density at radius 3 is 2.59 bits per heavy atom. The van der Waals surface area contributed by atoms with Crippen LogP contribution in [0.1, 0.15) is 59.8 Å². The lowest BCUT2D eigenvalue weighted by molar-refractivity contribution is -0.140. The van der Waals surface area contributed by atoms with E-state index in [4.69, 9.17) is 0 Å². The van der Waals surface area contributed by atoms with Gasteiger partial charge in [-0.25, -0.2) is 0 Å². The first-order chi connectivity index (χ1) is 10.1. The number of carbonyl (C=O) groups is 1. The number of carbonyl (C=O) groups excluding carboxylic acids is 1. The molecule has 2 heteroatoms. The van der Waals surface area contributed by atoms with E-state index in [1.165, 1.54) is 5.57 Å². The molecule has 2 fully saturated rings. The van der Waals surface area contributed by atoms with E-state index in [0.717, 1.165) is 25.7 Å². The molecule has 0 bridgehead atoms. The molecule has 3 aliphatic rings. The number of aliphatic hydroxyl groups is 1. The summed E-state index contributed by atoms with van der Waals surface area (Å²) in [6.07, 6.45) is 8.53. The van der Waals surface area contributed by atoms with Crippen LogP contribution >= 0.6 is 0 Å². The maximum atomic E-state index is 12.7. The standard InChI is InChI=1S/C20H30O2/c1-6-19(4)12-13-7-8-15-18(2,3)16(21)9-10-20(15,5)14(13)11-17(19)22/h6,12,14-16,21H,1,7-11H2,2-5H3/t14-,15-,16-,19+,20+/m1/s1. The molecule has 0 unspecified atom stereocenters. The van der Waals surface area contributed by atoms with E-state index >= 15 is 0 Å². The molecular weight excluding hydrogens is 272 g/mol. The summed E-state index contributed by atoms with van der Waals surface area (Å²) in [5.74, 6) is 1.16. The predicted octanol–water partition coefficient (Wildman–Crippen LogP) is 4.29. The second-order valence-electron chi connectivity index (χ2n) is 8.86. The molecule has 5 atom stereocenters. The quantitative estimate of drug-likeness (QED) is 0.734. The first kappa shape index (κ1) is 16.0. The van der Waals surface area contributed by atoms with Crippen LogP contribution in [0.4, 0.5) is 0 Å². The average Bonchev–Trinajstić information content (AvgIpc) is 2.46. The highest BCUT2D eigenvalue weighted by molar-refractivity contribution is 5.90. The zero-order chi connectivity index (χ0) is 16.3. The molecule has 0 saturated heterocycles. The van der Waals surface area contributed by atoms with Crippen molar-refractivity contribution in [3.63, 3.8) is 0 Å². The highest BCUT2D eigenvalue weighted by Gasteiger charge is 2.57. The third-order valence-corrected chi connectivity index (χ3v) is 7.37. The average molecular weight is 302 g/mol. The SMILES string of the molecule is C=C[C@@]1(C)C=C2CC[C@@H]3C(C)(C)[C@H](O)CC[C@@]3(C)[C@@H]2CC1=O. The number of Topliss-reactive ketones (excluding diaryl/α,β-unsaturated/α-hetero) is 1. The van der Waals surface area contributed by atoms with Gasteiger partial charge in [0.15, 0.2) is 0 Å². The van der Waals surface area contributed by atoms with Gasteiger partial charge in [0.05, 0.1) is 11.5 Å². The monoisotopic (exact) mass is 302 g/mol. The molecule has 22 heavy (non-hydrogen) atoms. The van der Waals surface area contributed by atoms with E-state index in [2.05, 4.69) is 33.4 Å². The van der Waals surface area contributed by atoms with Crippen LogP contribution in [0.5, 0.6) is 0 Å². The van der Waals surface area contributed by atoms with Crippen molar-refractivity contribution >= 4 is 5.78 Å². The lowest BCUT2D eigenvalue weighted by atomic mass is 9.45. The molecule has 0 heterocycles. The van der Waals surface area contributed by atoms with Crippen molar-refractivity contribution in [2.75, 3.05) is 0 Å². The largest absolute Gasteiger partial charge is 0.393 e. The minimum atomic E-state index is -0.473. The Balaban J connectivity index is 2.02. The van der Waals surface area contributed by atoms with Gasteiger partial charge in [0, 0.05) is 6.42 Å². The number of allylic oxidation sites excluding steroid dienone is 3. The highest BCUT2D eigenvalue weighted by atomic mass is 16.3. The fraction of sp³-hybridized carbons (Fsp3) is 0.750. The number of rotatable bonds is 1. The van der Waals surface area contributed by atoms with Crippen LogP contribution in [-0.2, 0) is 4.79 Å². The normalized spacial score (nSPS) is 47.2. The minimum Gasteiger partial charge on any atom is -0.393 e. The van der Waals surface area contributed by atoms with Gasteiger partial charge in [0.2, 0.25) is 0 Å². The summed E-state index contributed by atoms with van der Waals surface area (Å²) >= 11 is 0. The first-order valence-corrected chi connectivity index (χ1v) is 8.72. The molecule has 3 aliphatic carbocycles. The number of hydrogen-bond donors (Lipinski definition) is 1.